The molecule has 1 aliphatic heterocycles. The van der Waals surface area contributed by atoms with Gasteiger partial charge in [-0.05, 0) is 70.5 Å². The first-order chi connectivity index (χ1) is 23.6. The second kappa shape index (κ2) is 14.3. The molecule has 1 saturated heterocycles. The summed E-state index contributed by atoms with van der Waals surface area (Å²) in [4.78, 5) is 33.3. The molecule has 7 rings (SSSR count). The number of likely N-dealkylation sites (tertiary alicyclic amines) is 1. The van der Waals surface area contributed by atoms with Crippen molar-refractivity contribution in [2.45, 2.75) is 32.4 Å². The van der Waals surface area contributed by atoms with Crippen LogP contribution in [0.25, 0.3) is 32.7 Å². The SMILES string of the molecule is COCCCNC(=O)c1cc(-c2cccc3ccccc23)cn1Cc1cncn1CC1CCN(C(=O)c2ccc3ccccc3c2)CC1. The van der Waals surface area contributed by atoms with Gasteiger partial charge in [-0.15, -0.1) is 0 Å². The van der Waals surface area contributed by atoms with Crippen LogP contribution in [0.15, 0.2) is 110 Å². The third-order valence-corrected chi connectivity index (χ3v) is 9.52. The van der Waals surface area contributed by atoms with Crippen molar-refractivity contribution in [1.29, 1.82) is 0 Å². The summed E-state index contributed by atoms with van der Waals surface area (Å²) in [5.41, 5.74) is 4.50. The van der Waals surface area contributed by atoms with Crippen LogP contribution in [0.4, 0.5) is 0 Å². The number of fused-ring (bicyclic) bond motifs is 2. The van der Waals surface area contributed by atoms with Crippen molar-refractivity contribution in [2.75, 3.05) is 33.4 Å². The summed E-state index contributed by atoms with van der Waals surface area (Å²) in [5, 5.41) is 7.62. The molecule has 244 valence electrons. The Bertz CT molecular complexity index is 2050. The van der Waals surface area contributed by atoms with Gasteiger partial charge in [-0.1, -0.05) is 72.8 Å². The van der Waals surface area contributed by atoms with Crippen molar-refractivity contribution in [1.82, 2.24) is 24.3 Å². The van der Waals surface area contributed by atoms with Gasteiger partial charge in [0.15, 0.2) is 0 Å². The molecular formula is C40H41N5O3. The Hall–Kier alpha value is -5.21. The van der Waals surface area contributed by atoms with E-state index in [4.69, 9.17) is 4.74 Å². The maximum Gasteiger partial charge on any atom is 0.267 e. The fourth-order valence-corrected chi connectivity index (χ4v) is 6.89. The van der Waals surface area contributed by atoms with E-state index in [0.29, 0.717) is 31.3 Å². The molecule has 8 nitrogen and oxygen atoms in total. The molecule has 0 bridgehead atoms. The molecule has 0 spiro atoms. The number of hydrogen-bond donors (Lipinski definition) is 1. The lowest BCUT2D eigenvalue weighted by molar-refractivity contribution is 0.0682. The predicted octanol–water partition coefficient (Wildman–Crippen LogP) is 7.03. The largest absolute Gasteiger partial charge is 0.385 e. The first-order valence-corrected chi connectivity index (χ1v) is 16.8. The van der Waals surface area contributed by atoms with Gasteiger partial charge in [-0.25, -0.2) is 4.98 Å². The van der Waals surface area contributed by atoms with Gasteiger partial charge >= 0.3 is 0 Å². The standard InChI is InChI=1S/C40H41N5O3/c1-48-21-7-18-42-39(46)38-23-34(37-13-6-11-31-9-4-5-12-36(31)37)26-44(38)27-35-24-41-28-45(35)25-29-16-19-43(20-17-29)40(47)33-15-14-30-8-2-3-10-32(30)22-33/h2-6,8-15,22-24,26,28-29H,7,16-21,25,27H2,1H3,(H,42,46). The fourth-order valence-electron chi connectivity index (χ4n) is 6.89. The van der Waals surface area contributed by atoms with E-state index in [1.165, 1.54) is 0 Å². The minimum Gasteiger partial charge on any atom is -0.385 e. The molecule has 2 aromatic heterocycles. The second-order valence-corrected chi connectivity index (χ2v) is 12.7. The first kappa shape index (κ1) is 31.4. The van der Waals surface area contributed by atoms with E-state index in [1.54, 1.807) is 7.11 Å². The molecule has 0 radical (unpaired) electrons. The Morgan fingerprint density at radius 3 is 2.48 bits per heavy atom. The number of rotatable bonds is 11. The highest BCUT2D eigenvalue weighted by molar-refractivity contribution is 6.00. The van der Waals surface area contributed by atoms with Crippen molar-refractivity contribution in [3.05, 3.63) is 127 Å². The van der Waals surface area contributed by atoms with Crippen molar-refractivity contribution >= 4 is 33.4 Å². The van der Waals surface area contributed by atoms with Crippen LogP contribution >= 0.6 is 0 Å². The summed E-state index contributed by atoms with van der Waals surface area (Å²) in [7, 11) is 1.67. The lowest BCUT2D eigenvalue weighted by Crippen LogP contribution is -2.39. The zero-order chi connectivity index (χ0) is 32.9. The summed E-state index contributed by atoms with van der Waals surface area (Å²) in [6, 6.07) is 30.7. The minimum atomic E-state index is -0.105. The normalized spacial score (nSPS) is 13.7. The zero-order valence-electron chi connectivity index (χ0n) is 27.3. The van der Waals surface area contributed by atoms with E-state index >= 15 is 0 Å². The third-order valence-electron chi connectivity index (χ3n) is 9.52. The van der Waals surface area contributed by atoms with Crippen LogP contribution in [0.5, 0.6) is 0 Å². The summed E-state index contributed by atoms with van der Waals surface area (Å²) in [5.74, 6) is 0.426. The Morgan fingerprint density at radius 1 is 0.875 bits per heavy atom. The first-order valence-electron chi connectivity index (χ1n) is 16.8. The quantitative estimate of drug-likeness (QED) is 0.155. The van der Waals surface area contributed by atoms with E-state index in [-0.39, 0.29) is 11.8 Å². The van der Waals surface area contributed by atoms with Gasteiger partial charge in [-0.2, -0.15) is 0 Å². The van der Waals surface area contributed by atoms with Gasteiger partial charge in [-0.3, -0.25) is 9.59 Å². The van der Waals surface area contributed by atoms with Gasteiger partial charge in [0, 0.05) is 63.4 Å². The molecule has 0 unspecified atom stereocenters. The topological polar surface area (TPSA) is 81.4 Å². The maximum atomic E-state index is 13.5. The van der Waals surface area contributed by atoms with Crippen LogP contribution in [0.1, 0.15) is 45.8 Å². The average molecular weight is 640 g/mol. The van der Waals surface area contributed by atoms with E-state index in [2.05, 4.69) is 69.6 Å². The van der Waals surface area contributed by atoms with E-state index in [0.717, 1.165) is 82.8 Å². The predicted molar refractivity (Wildman–Crippen MR) is 190 cm³/mol. The van der Waals surface area contributed by atoms with Gasteiger partial charge in [0.1, 0.15) is 5.69 Å². The maximum absolute atomic E-state index is 13.5. The average Bonchev–Trinajstić information content (AvgIpc) is 3.76. The number of nitrogens with zero attached hydrogens (tertiary/aromatic N) is 4. The number of benzene rings is 4. The molecule has 4 aromatic carbocycles. The van der Waals surface area contributed by atoms with Crippen molar-refractivity contribution in [2.24, 2.45) is 5.92 Å². The molecule has 1 fully saturated rings. The number of hydrogen-bond acceptors (Lipinski definition) is 4. The molecule has 0 atom stereocenters. The molecule has 48 heavy (non-hydrogen) atoms. The van der Waals surface area contributed by atoms with Gasteiger partial charge in [0.05, 0.1) is 18.6 Å². The molecule has 1 aliphatic rings. The number of imidazole rings is 1. The number of piperidine rings is 1. The smallest absolute Gasteiger partial charge is 0.267 e. The van der Waals surface area contributed by atoms with Crippen molar-refractivity contribution in [3.63, 3.8) is 0 Å². The summed E-state index contributed by atoms with van der Waals surface area (Å²) in [6.45, 7) is 3.95. The summed E-state index contributed by atoms with van der Waals surface area (Å²) in [6.07, 6.45) is 8.48. The van der Waals surface area contributed by atoms with Gasteiger partial charge in [0.25, 0.3) is 11.8 Å². The highest BCUT2D eigenvalue weighted by atomic mass is 16.5. The Morgan fingerprint density at radius 2 is 1.65 bits per heavy atom. The van der Waals surface area contributed by atoms with Crippen LogP contribution in [0.3, 0.4) is 0 Å². The van der Waals surface area contributed by atoms with Crippen LogP contribution < -0.4 is 5.32 Å². The Labute approximate surface area is 281 Å². The number of carbonyl (C=O) groups is 2. The number of ether oxygens (including phenoxy) is 1. The highest BCUT2D eigenvalue weighted by Gasteiger charge is 2.25. The molecule has 2 amide bonds. The van der Waals surface area contributed by atoms with E-state index in [1.807, 2.05) is 64.5 Å². The van der Waals surface area contributed by atoms with E-state index in [9.17, 15) is 9.59 Å². The number of nitrogens with one attached hydrogen (secondary N) is 1. The molecule has 0 saturated carbocycles. The Balaban J connectivity index is 1.06. The van der Waals surface area contributed by atoms with Gasteiger partial charge in [0.2, 0.25) is 0 Å². The molecule has 0 aliphatic carbocycles. The highest BCUT2D eigenvalue weighted by Crippen LogP contribution is 2.31. The van der Waals surface area contributed by atoms with Crippen LogP contribution in [0, 0.1) is 5.92 Å². The van der Waals surface area contributed by atoms with Crippen LogP contribution in [-0.4, -0.2) is 64.2 Å². The molecule has 6 aromatic rings. The summed E-state index contributed by atoms with van der Waals surface area (Å²) < 4.78 is 9.42. The number of amides is 2. The fraction of sp³-hybridized carbons (Fsp3) is 0.275. The Kier molecular flexibility index (Phi) is 9.34. The number of carbonyl (C=O) groups excluding carboxylic acids is 2. The van der Waals surface area contributed by atoms with Crippen LogP contribution in [-0.2, 0) is 17.8 Å². The van der Waals surface area contributed by atoms with Crippen molar-refractivity contribution in [3.8, 4) is 11.1 Å². The monoisotopic (exact) mass is 639 g/mol. The molecule has 8 heteroatoms. The zero-order valence-corrected chi connectivity index (χ0v) is 27.3. The lowest BCUT2D eigenvalue weighted by atomic mass is 9.96. The third kappa shape index (κ3) is 6.75. The lowest BCUT2D eigenvalue weighted by Gasteiger charge is -2.32. The summed E-state index contributed by atoms with van der Waals surface area (Å²) >= 11 is 0. The van der Waals surface area contributed by atoms with E-state index < -0.39 is 0 Å². The second-order valence-electron chi connectivity index (χ2n) is 12.7. The van der Waals surface area contributed by atoms with Crippen LogP contribution in [0.2, 0.25) is 0 Å². The van der Waals surface area contributed by atoms with Gasteiger partial charge < -0.3 is 24.1 Å². The minimum absolute atomic E-state index is 0.102. The molecule has 1 N–H and O–H groups in total. The number of methoxy groups -OCH3 is 1. The number of aromatic nitrogens is 3. The molecular weight excluding hydrogens is 598 g/mol. The molecule has 3 heterocycles. The van der Waals surface area contributed by atoms with Crippen molar-refractivity contribution < 1.29 is 14.3 Å².